The van der Waals surface area contributed by atoms with Gasteiger partial charge in [0.25, 0.3) is 0 Å². The van der Waals surface area contributed by atoms with Crippen molar-refractivity contribution in [3.63, 3.8) is 0 Å². The molecule has 0 amide bonds. The van der Waals surface area contributed by atoms with E-state index in [1.165, 1.54) is 44.9 Å². The lowest BCUT2D eigenvalue weighted by molar-refractivity contribution is -0.110. The molecule has 2 saturated carbocycles. The van der Waals surface area contributed by atoms with Gasteiger partial charge in [-0.25, -0.2) is 0 Å². The molecule has 0 aliphatic heterocycles. The molecule has 94 valence electrons. The first-order valence-electron chi connectivity index (χ1n) is 7.07. The minimum atomic E-state index is 0.0114. The summed E-state index contributed by atoms with van der Waals surface area (Å²) in [7, 11) is 0. The third-order valence-corrected chi connectivity index (χ3v) is 4.69. The Morgan fingerprint density at radius 1 is 1.31 bits per heavy atom. The second kappa shape index (κ2) is 5.05. The molecule has 3 unspecified atom stereocenters. The molecule has 16 heavy (non-hydrogen) atoms. The van der Waals surface area contributed by atoms with Gasteiger partial charge in [0.15, 0.2) is 0 Å². The highest BCUT2D eigenvalue weighted by molar-refractivity contribution is 5.00. The van der Waals surface area contributed by atoms with E-state index in [0.29, 0.717) is 0 Å². The van der Waals surface area contributed by atoms with Crippen molar-refractivity contribution in [2.45, 2.75) is 70.4 Å². The van der Waals surface area contributed by atoms with E-state index in [2.05, 4.69) is 13.8 Å². The van der Waals surface area contributed by atoms with Crippen molar-refractivity contribution < 1.29 is 4.74 Å². The standard InChI is InChI=1S/C14H27NO/c1-3-16-14(9-5-6-11(2)10-14)13(15)12-7-4-8-12/h11-13H,3-10,15H2,1-2H3. The van der Waals surface area contributed by atoms with Gasteiger partial charge >= 0.3 is 0 Å². The first-order chi connectivity index (χ1) is 7.68. The van der Waals surface area contributed by atoms with E-state index in [4.69, 9.17) is 10.5 Å². The van der Waals surface area contributed by atoms with Crippen LogP contribution in [0.4, 0.5) is 0 Å². The molecule has 3 atom stereocenters. The summed E-state index contributed by atoms with van der Waals surface area (Å²) in [6, 6.07) is 0.281. The molecule has 2 nitrogen and oxygen atoms in total. The van der Waals surface area contributed by atoms with Crippen molar-refractivity contribution in [1.82, 2.24) is 0 Å². The van der Waals surface area contributed by atoms with Crippen LogP contribution in [0.3, 0.4) is 0 Å². The lowest BCUT2D eigenvalue weighted by Crippen LogP contribution is -2.57. The highest BCUT2D eigenvalue weighted by Gasteiger charge is 2.45. The van der Waals surface area contributed by atoms with Gasteiger partial charge in [-0.15, -0.1) is 0 Å². The van der Waals surface area contributed by atoms with Crippen molar-refractivity contribution >= 4 is 0 Å². The molecule has 0 radical (unpaired) electrons. The molecule has 2 rings (SSSR count). The van der Waals surface area contributed by atoms with Gasteiger partial charge in [-0.05, 0) is 44.4 Å². The van der Waals surface area contributed by atoms with Crippen LogP contribution in [0, 0.1) is 11.8 Å². The minimum absolute atomic E-state index is 0.0114. The normalized spacial score (nSPS) is 38.1. The molecular weight excluding hydrogens is 198 g/mol. The van der Waals surface area contributed by atoms with E-state index in [0.717, 1.165) is 18.4 Å². The fraction of sp³-hybridized carbons (Fsp3) is 1.00. The maximum Gasteiger partial charge on any atom is 0.0837 e. The zero-order valence-electron chi connectivity index (χ0n) is 10.9. The lowest BCUT2D eigenvalue weighted by Gasteiger charge is -2.48. The molecular formula is C14H27NO. The average molecular weight is 225 g/mol. The lowest BCUT2D eigenvalue weighted by atomic mass is 9.66. The van der Waals surface area contributed by atoms with Gasteiger partial charge in [0.2, 0.25) is 0 Å². The summed E-state index contributed by atoms with van der Waals surface area (Å²) in [5.74, 6) is 1.52. The Morgan fingerprint density at radius 2 is 2.06 bits per heavy atom. The maximum atomic E-state index is 6.51. The van der Waals surface area contributed by atoms with Crippen LogP contribution in [-0.2, 0) is 4.74 Å². The molecule has 0 heterocycles. The first-order valence-corrected chi connectivity index (χ1v) is 7.07. The molecule has 0 saturated heterocycles. The summed E-state index contributed by atoms with van der Waals surface area (Å²) in [5, 5.41) is 0. The molecule has 2 N–H and O–H groups in total. The molecule has 0 bridgehead atoms. The van der Waals surface area contributed by atoms with E-state index in [-0.39, 0.29) is 11.6 Å². The van der Waals surface area contributed by atoms with Gasteiger partial charge in [-0.1, -0.05) is 26.2 Å². The summed E-state index contributed by atoms with van der Waals surface area (Å²) in [4.78, 5) is 0. The van der Waals surface area contributed by atoms with Crippen molar-refractivity contribution in [2.75, 3.05) is 6.61 Å². The van der Waals surface area contributed by atoms with Crippen molar-refractivity contribution in [3.8, 4) is 0 Å². The molecule has 2 aliphatic carbocycles. The molecule has 0 aromatic rings. The zero-order valence-corrected chi connectivity index (χ0v) is 10.9. The van der Waals surface area contributed by atoms with Crippen LogP contribution in [0.5, 0.6) is 0 Å². The fourth-order valence-electron chi connectivity index (χ4n) is 3.59. The highest BCUT2D eigenvalue weighted by atomic mass is 16.5. The topological polar surface area (TPSA) is 35.2 Å². The Bertz CT molecular complexity index is 223. The van der Waals surface area contributed by atoms with Crippen LogP contribution in [-0.4, -0.2) is 18.2 Å². The maximum absolute atomic E-state index is 6.51. The Kier molecular flexibility index (Phi) is 3.91. The molecule has 0 aromatic heterocycles. The van der Waals surface area contributed by atoms with Crippen LogP contribution in [0.2, 0.25) is 0 Å². The van der Waals surface area contributed by atoms with Crippen LogP contribution >= 0.6 is 0 Å². The summed E-state index contributed by atoms with van der Waals surface area (Å²) in [6.45, 7) is 5.27. The second-order valence-electron chi connectivity index (χ2n) is 5.92. The van der Waals surface area contributed by atoms with Gasteiger partial charge in [0.05, 0.1) is 5.60 Å². The smallest absolute Gasteiger partial charge is 0.0837 e. The third kappa shape index (κ3) is 2.28. The zero-order chi connectivity index (χ0) is 11.6. The summed E-state index contributed by atoms with van der Waals surface area (Å²) >= 11 is 0. The van der Waals surface area contributed by atoms with Crippen LogP contribution in [0.1, 0.15) is 58.8 Å². The highest BCUT2D eigenvalue weighted by Crippen LogP contribution is 2.43. The monoisotopic (exact) mass is 225 g/mol. The number of ether oxygens (including phenoxy) is 1. The van der Waals surface area contributed by atoms with Gasteiger partial charge < -0.3 is 10.5 Å². The summed E-state index contributed by atoms with van der Waals surface area (Å²) < 4.78 is 6.13. The summed E-state index contributed by atoms with van der Waals surface area (Å²) in [6.07, 6.45) is 9.03. The number of rotatable bonds is 4. The largest absolute Gasteiger partial charge is 0.374 e. The van der Waals surface area contributed by atoms with Gasteiger partial charge in [0.1, 0.15) is 0 Å². The van der Waals surface area contributed by atoms with Crippen molar-refractivity contribution in [2.24, 2.45) is 17.6 Å². The Morgan fingerprint density at radius 3 is 2.56 bits per heavy atom. The van der Waals surface area contributed by atoms with Crippen LogP contribution in [0.15, 0.2) is 0 Å². The van der Waals surface area contributed by atoms with E-state index in [9.17, 15) is 0 Å². The fourth-order valence-corrected chi connectivity index (χ4v) is 3.59. The number of hydrogen-bond donors (Lipinski definition) is 1. The Labute approximate surface area is 99.9 Å². The van der Waals surface area contributed by atoms with E-state index in [1.54, 1.807) is 0 Å². The molecule has 2 fully saturated rings. The predicted octanol–water partition coefficient (Wildman–Crippen LogP) is 3.10. The van der Waals surface area contributed by atoms with Crippen LogP contribution in [0.25, 0.3) is 0 Å². The van der Waals surface area contributed by atoms with E-state index in [1.807, 2.05) is 0 Å². The second-order valence-corrected chi connectivity index (χ2v) is 5.92. The third-order valence-electron chi connectivity index (χ3n) is 4.69. The minimum Gasteiger partial charge on any atom is -0.374 e. The SMILES string of the molecule is CCOC1(C(N)C2CCC2)CCCC(C)C1. The molecule has 2 aliphatic rings. The van der Waals surface area contributed by atoms with Gasteiger partial charge in [-0.2, -0.15) is 0 Å². The Hall–Kier alpha value is -0.0800. The van der Waals surface area contributed by atoms with Crippen molar-refractivity contribution in [1.29, 1.82) is 0 Å². The van der Waals surface area contributed by atoms with Gasteiger partial charge in [-0.3, -0.25) is 0 Å². The van der Waals surface area contributed by atoms with Crippen LogP contribution < -0.4 is 5.73 Å². The number of hydrogen-bond acceptors (Lipinski definition) is 2. The average Bonchev–Trinajstić information content (AvgIpc) is 2.15. The van der Waals surface area contributed by atoms with Gasteiger partial charge in [0, 0.05) is 12.6 Å². The van der Waals surface area contributed by atoms with Crippen molar-refractivity contribution in [3.05, 3.63) is 0 Å². The molecule has 0 spiro atoms. The number of nitrogens with two attached hydrogens (primary N) is 1. The molecule has 2 heteroatoms. The van der Waals surface area contributed by atoms with E-state index >= 15 is 0 Å². The molecule has 0 aromatic carbocycles. The first kappa shape index (κ1) is 12.4. The Balaban J connectivity index is 2.06. The van der Waals surface area contributed by atoms with E-state index < -0.39 is 0 Å². The predicted molar refractivity (Wildman–Crippen MR) is 67.3 cm³/mol. The quantitative estimate of drug-likeness (QED) is 0.798. The summed E-state index contributed by atoms with van der Waals surface area (Å²) in [5.41, 5.74) is 6.52.